The number of halogens is 2. The van der Waals surface area contributed by atoms with Gasteiger partial charge in [0.1, 0.15) is 21.5 Å². The van der Waals surface area contributed by atoms with Crippen molar-refractivity contribution in [1.29, 1.82) is 0 Å². The average Bonchev–Trinajstić information content (AvgIpc) is 2.86. The fourth-order valence-electron chi connectivity index (χ4n) is 2.03. The molecule has 108 valence electrons. The molecular formula is C15H11BrINO3. The fraction of sp³-hybridized carbons (Fsp3) is 0.133. The number of nitrogens with zero attached hydrogens (tertiary/aromatic N) is 1. The zero-order valence-corrected chi connectivity index (χ0v) is 15.1. The highest BCUT2D eigenvalue weighted by Gasteiger charge is 2.19. The van der Waals surface area contributed by atoms with Crippen LogP contribution >= 0.6 is 38.5 Å². The third kappa shape index (κ3) is 2.50. The van der Waals surface area contributed by atoms with E-state index >= 15 is 0 Å². The highest BCUT2D eigenvalue weighted by molar-refractivity contribution is 14.1. The Labute approximate surface area is 143 Å². The Balaban J connectivity index is 2.18. The number of benzene rings is 1. The highest BCUT2D eigenvalue weighted by Crippen LogP contribution is 2.40. The highest BCUT2D eigenvalue weighted by atomic mass is 127. The van der Waals surface area contributed by atoms with Gasteiger partial charge >= 0.3 is 0 Å². The first-order valence-corrected chi connectivity index (χ1v) is 7.97. The molecule has 21 heavy (non-hydrogen) atoms. The van der Waals surface area contributed by atoms with Crippen LogP contribution in [-0.2, 0) is 0 Å². The lowest BCUT2D eigenvalue weighted by molar-refractivity contribution is 0.410. The molecule has 0 N–H and O–H groups in total. The Morgan fingerprint density at radius 1 is 1.14 bits per heavy atom. The van der Waals surface area contributed by atoms with E-state index in [0.29, 0.717) is 11.3 Å². The third-order valence-electron chi connectivity index (χ3n) is 3.13. The molecule has 1 aromatic carbocycles. The number of aromatic nitrogens is 1. The normalized spacial score (nSPS) is 10.9. The van der Waals surface area contributed by atoms with E-state index in [1.54, 1.807) is 20.4 Å². The van der Waals surface area contributed by atoms with Crippen molar-refractivity contribution in [2.24, 2.45) is 0 Å². The van der Waals surface area contributed by atoms with Gasteiger partial charge in [-0.1, -0.05) is 0 Å². The number of hydrogen-bond donors (Lipinski definition) is 0. The van der Waals surface area contributed by atoms with Gasteiger partial charge in [-0.3, -0.25) is 0 Å². The maximum atomic E-state index is 5.99. The molecule has 2 heterocycles. The minimum absolute atomic E-state index is 0.647. The molecule has 0 amide bonds. The number of hydrogen-bond acceptors (Lipinski definition) is 4. The van der Waals surface area contributed by atoms with E-state index in [1.165, 1.54) is 0 Å². The van der Waals surface area contributed by atoms with Crippen LogP contribution in [0.15, 0.2) is 39.4 Å². The van der Waals surface area contributed by atoms with Crippen LogP contribution in [0.4, 0.5) is 0 Å². The van der Waals surface area contributed by atoms with Crippen LogP contribution in [0.3, 0.4) is 0 Å². The molecule has 2 aromatic heterocycles. The number of ether oxygens (including phenoxy) is 2. The number of rotatable bonds is 3. The van der Waals surface area contributed by atoms with E-state index in [1.807, 2.05) is 24.3 Å². The quantitative estimate of drug-likeness (QED) is 0.523. The van der Waals surface area contributed by atoms with Crippen molar-refractivity contribution < 1.29 is 13.9 Å². The van der Waals surface area contributed by atoms with Gasteiger partial charge in [-0.15, -0.1) is 0 Å². The first kappa shape index (κ1) is 14.6. The molecule has 0 bridgehead atoms. The molecule has 0 atom stereocenters. The minimum atomic E-state index is 0.647. The molecule has 0 aliphatic rings. The zero-order valence-electron chi connectivity index (χ0n) is 11.3. The van der Waals surface area contributed by atoms with Crippen molar-refractivity contribution in [2.75, 3.05) is 14.2 Å². The van der Waals surface area contributed by atoms with Crippen LogP contribution in [0.25, 0.3) is 22.4 Å². The summed E-state index contributed by atoms with van der Waals surface area (Å²) in [6.07, 6.45) is 1.68. The van der Waals surface area contributed by atoms with Crippen LogP contribution in [0.1, 0.15) is 0 Å². The second kappa shape index (κ2) is 5.84. The minimum Gasteiger partial charge on any atom is -0.497 e. The lowest BCUT2D eigenvalue weighted by Gasteiger charge is -2.01. The van der Waals surface area contributed by atoms with E-state index in [-0.39, 0.29) is 0 Å². The molecule has 0 saturated carbocycles. The maximum absolute atomic E-state index is 5.99. The topological polar surface area (TPSA) is 44.5 Å². The number of pyridine rings is 1. The van der Waals surface area contributed by atoms with Crippen molar-refractivity contribution in [3.63, 3.8) is 0 Å². The lowest BCUT2D eigenvalue weighted by atomic mass is 10.1. The molecular weight excluding hydrogens is 449 g/mol. The molecule has 3 rings (SSSR count). The van der Waals surface area contributed by atoms with Gasteiger partial charge in [0.15, 0.2) is 11.3 Å². The molecule has 0 saturated heterocycles. The predicted octanol–water partition coefficient (Wildman–Crippen LogP) is 4.88. The first-order valence-electron chi connectivity index (χ1n) is 6.10. The number of fused-ring (bicyclic) bond motifs is 1. The molecule has 0 radical (unpaired) electrons. The van der Waals surface area contributed by atoms with Crippen LogP contribution in [0, 0.1) is 3.57 Å². The van der Waals surface area contributed by atoms with Crippen molar-refractivity contribution >= 4 is 49.6 Å². The first-order chi connectivity index (χ1) is 10.2. The van der Waals surface area contributed by atoms with E-state index in [2.05, 4.69) is 43.5 Å². The molecule has 0 aliphatic carbocycles. The lowest BCUT2D eigenvalue weighted by Crippen LogP contribution is -1.86. The molecule has 6 heteroatoms. The van der Waals surface area contributed by atoms with E-state index < -0.39 is 0 Å². The van der Waals surface area contributed by atoms with Crippen LogP contribution < -0.4 is 9.47 Å². The standard InChI is InChI=1S/C15H11BrINO3/c1-19-9-5-3-8(4-6-9)14-12(17)13-15(21-14)11(16)10(20-2)7-18-13/h3-7H,1-2H3. The SMILES string of the molecule is COc1ccc(-c2oc3c(Br)c(OC)cnc3c2I)cc1. The van der Waals surface area contributed by atoms with Crippen LogP contribution in [0.5, 0.6) is 11.5 Å². The zero-order chi connectivity index (χ0) is 15.0. The molecule has 0 fully saturated rings. The Kier molecular flexibility index (Phi) is 4.08. The van der Waals surface area contributed by atoms with E-state index in [0.717, 1.165) is 30.6 Å². The van der Waals surface area contributed by atoms with Gasteiger partial charge in [0.2, 0.25) is 0 Å². The largest absolute Gasteiger partial charge is 0.497 e. The van der Waals surface area contributed by atoms with Crippen LogP contribution in [0.2, 0.25) is 0 Å². The Morgan fingerprint density at radius 3 is 2.48 bits per heavy atom. The van der Waals surface area contributed by atoms with Gasteiger partial charge < -0.3 is 13.9 Å². The summed E-state index contributed by atoms with van der Waals surface area (Å²) in [6.45, 7) is 0. The summed E-state index contributed by atoms with van der Waals surface area (Å²) in [5.41, 5.74) is 2.47. The third-order valence-corrected chi connectivity index (χ3v) is 4.88. The van der Waals surface area contributed by atoms with E-state index in [9.17, 15) is 0 Å². The smallest absolute Gasteiger partial charge is 0.172 e. The van der Waals surface area contributed by atoms with Gasteiger partial charge in [-0.25, -0.2) is 4.98 Å². The van der Waals surface area contributed by atoms with E-state index in [4.69, 9.17) is 13.9 Å². The van der Waals surface area contributed by atoms with Gasteiger partial charge in [-0.2, -0.15) is 0 Å². The predicted molar refractivity (Wildman–Crippen MR) is 93.0 cm³/mol. The monoisotopic (exact) mass is 459 g/mol. The molecule has 4 nitrogen and oxygen atoms in total. The molecule has 0 aliphatic heterocycles. The second-order valence-corrected chi connectivity index (χ2v) is 6.16. The summed E-state index contributed by atoms with van der Waals surface area (Å²) in [5, 5.41) is 0. The van der Waals surface area contributed by atoms with Crippen molar-refractivity contribution in [3.05, 3.63) is 38.5 Å². The fourth-order valence-corrected chi connectivity index (χ4v) is 3.37. The van der Waals surface area contributed by atoms with Crippen molar-refractivity contribution in [2.45, 2.75) is 0 Å². The Bertz CT molecular complexity index is 799. The van der Waals surface area contributed by atoms with Gasteiger partial charge in [-0.05, 0) is 62.8 Å². The van der Waals surface area contributed by atoms with Gasteiger partial charge in [0.25, 0.3) is 0 Å². The average molecular weight is 460 g/mol. The number of furan rings is 1. The summed E-state index contributed by atoms with van der Waals surface area (Å²) in [7, 11) is 3.25. The van der Waals surface area contributed by atoms with Crippen molar-refractivity contribution in [3.8, 4) is 22.8 Å². The van der Waals surface area contributed by atoms with Gasteiger partial charge in [0, 0.05) is 5.56 Å². The molecule has 0 spiro atoms. The summed E-state index contributed by atoms with van der Waals surface area (Å²) in [6, 6.07) is 7.73. The Morgan fingerprint density at radius 2 is 1.86 bits per heavy atom. The Hall–Kier alpha value is -1.28. The summed E-state index contributed by atoms with van der Waals surface area (Å²) < 4.78 is 18.2. The molecule has 0 unspecified atom stereocenters. The molecule has 3 aromatic rings. The summed E-state index contributed by atoms with van der Waals surface area (Å²) >= 11 is 5.75. The second-order valence-electron chi connectivity index (χ2n) is 4.29. The summed E-state index contributed by atoms with van der Waals surface area (Å²) in [5.74, 6) is 2.24. The summed E-state index contributed by atoms with van der Waals surface area (Å²) in [4.78, 5) is 4.41. The van der Waals surface area contributed by atoms with Gasteiger partial charge in [0.05, 0.1) is 24.0 Å². The van der Waals surface area contributed by atoms with Crippen LogP contribution in [-0.4, -0.2) is 19.2 Å². The maximum Gasteiger partial charge on any atom is 0.172 e. The van der Waals surface area contributed by atoms with Crippen molar-refractivity contribution in [1.82, 2.24) is 4.98 Å². The number of methoxy groups -OCH3 is 2.